The van der Waals surface area contributed by atoms with E-state index in [0.717, 1.165) is 53.6 Å². The molecular weight excluding hydrogens is 402 g/mol. The SMILES string of the molecule is CN=C(NCc1cc(Br)c2c(c1)OCO2)N1CCC(COCCOC)C1. The topological polar surface area (TPSA) is 64.6 Å². The summed E-state index contributed by atoms with van der Waals surface area (Å²) in [6.45, 7) is 4.96. The predicted molar refractivity (Wildman–Crippen MR) is 103 cm³/mol. The lowest BCUT2D eigenvalue weighted by molar-refractivity contribution is 0.0536. The van der Waals surface area contributed by atoms with E-state index < -0.39 is 0 Å². The monoisotopic (exact) mass is 427 g/mol. The van der Waals surface area contributed by atoms with E-state index in [4.69, 9.17) is 18.9 Å². The maximum Gasteiger partial charge on any atom is 0.231 e. The zero-order chi connectivity index (χ0) is 18.4. The third-order valence-electron chi connectivity index (χ3n) is 4.52. The first-order valence-corrected chi connectivity index (χ1v) is 9.61. The Kier molecular flexibility index (Phi) is 6.99. The summed E-state index contributed by atoms with van der Waals surface area (Å²) < 4.78 is 22.5. The quantitative estimate of drug-likeness (QED) is 0.408. The van der Waals surface area contributed by atoms with Gasteiger partial charge in [-0.1, -0.05) is 0 Å². The van der Waals surface area contributed by atoms with Crippen LogP contribution in [0.25, 0.3) is 0 Å². The normalized spacial score (nSPS) is 19.3. The predicted octanol–water partition coefficient (Wildman–Crippen LogP) is 2.24. The van der Waals surface area contributed by atoms with E-state index in [1.807, 2.05) is 19.2 Å². The molecule has 3 rings (SSSR count). The number of rotatable bonds is 7. The number of halogens is 1. The van der Waals surface area contributed by atoms with Gasteiger partial charge in [0.15, 0.2) is 17.5 Å². The molecule has 0 spiro atoms. The summed E-state index contributed by atoms with van der Waals surface area (Å²) in [5.41, 5.74) is 1.11. The molecule has 1 aromatic carbocycles. The summed E-state index contributed by atoms with van der Waals surface area (Å²) in [4.78, 5) is 6.71. The van der Waals surface area contributed by atoms with Crippen molar-refractivity contribution in [1.29, 1.82) is 0 Å². The van der Waals surface area contributed by atoms with Crippen molar-refractivity contribution < 1.29 is 18.9 Å². The largest absolute Gasteiger partial charge is 0.454 e. The molecule has 0 amide bonds. The lowest BCUT2D eigenvalue weighted by Crippen LogP contribution is -2.39. The highest BCUT2D eigenvalue weighted by atomic mass is 79.9. The van der Waals surface area contributed by atoms with Crippen LogP contribution in [0.3, 0.4) is 0 Å². The van der Waals surface area contributed by atoms with Crippen molar-refractivity contribution in [3.05, 3.63) is 22.2 Å². The van der Waals surface area contributed by atoms with Crippen LogP contribution in [0, 0.1) is 5.92 Å². The second-order valence-corrected chi connectivity index (χ2v) is 7.23. The van der Waals surface area contributed by atoms with Gasteiger partial charge in [-0.25, -0.2) is 0 Å². The first kappa shape index (κ1) is 19.3. The Balaban J connectivity index is 1.49. The third kappa shape index (κ3) is 4.81. The number of ether oxygens (including phenoxy) is 4. The number of aliphatic imine (C=N–C) groups is 1. The lowest BCUT2D eigenvalue weighted by Gasteiger charge is -2.22. The van der Waals surface area contributed by atoms with Crippen LogP contribution in [0.2, 0.25) is 0 Å². The van der Waals surface area contributed by atoms with Crippen molar-refractivity contribution in [3.63, 3.8) is 0 Å². The Bertz CT molecular complexity index is 641. The second kappa shape index (κ2) is 9.43. The second-order valence-electron chi connectivity index (χ2n) is 6.38. The Morgan fingerprint density at radius 1 is 1.38 bits per heavy atom. The van der Waals surface area contributed by atoms with Crippen LogP contribution in [-0.2, 0) is 16.0 Å². The van der Waals surface area contributed by atoms with Crippen LogP contribution in [0.1, 0.15) is 12.0 Å². The van der Waals surface area contributed by atoms with Crippen molar-refractivity contribution in [2.75, 3.05) is 53.9 Å². The van der Waals surface area contributed by atoms with Crippen molar-refractivity contribution in [1.82, 2.24) is 10.2 Å². The Morgan fingerprint density at radius 2 is 2.27 bits per heavy atom. The fourth-order valence-corrected chi connectivity index (χ4v) is 3.79. The summed E-state index contributed by atoms with van der Waals surface area (Å²) >= 11 is 3.54. The molecule has 8 heteroatoms. The molecule has 0 aliphatic carbocycles. The molecule has 1 atom stereocenters. The van der Waals surface area contributed by atoms with E-state index in [1.54, 1.807) is 7.11 Å². The number of likely N-dealkylation sites (tertiary alicyclic amines) is 1. The molecule has 2 aliphatic rings. The van der Waals surface area contributed by atoms with Gasteiger partial charge in [0.2, 0.25) is 6.79 Å². The smallest absolute Gasteiger partial charge is 0.231 e. The van der Waals surface area contributed by atoms with Gasteiger partial charge < -0.3 is 29.2 Å². The van der Waals surface area contributed by atoms with Crippen LogP contribution in [0.4, 0.5) is 0 Å². The Hall–Kier alpha value is -1.51. The first-order chi connectivity index (χ1) is 12.7. The van der Waals surface area contributed by atoms with Gasteiger partial charge in [0.1, 0.15) is 0 Å². The van der Waals surface area contributed by atoms with Gasteiger partial charge in [-0.05, 0) is 40.0 Å². The highest BCUT2D eigenvalue weighted by Crippen LogP contribution is 2.39. The summed E-state index contributed by atoms with van der Waals surface area (Å²) in [7, 11) is 3.51. The van der Waals surface area contributed by atoms with Crippen LogP contribution < -0.4 is 14.8 Å². The van der Waals surface area contributed by atoms with Crippen molar-refractivity contribution in [3.8, 4) is 11.5 Å². The van der Waals surface area contributed by atoms with E-state index in [0.29, 0.717) is 25.7 Å². The third-order valence-corrected chi connectivity index (χ3v) is 5.11. The van der Waals surface area contributed by atoms with Crippen molar-refractivity contribution in [2.45, 2.75) is 13.0 Å². The minimum atomic E-state index is 0.272. The summed E-state index contributed by atoms with van der Waals surface area (Å²) in [5, 5.41) is 3.44. The average molecular weight is 428 g/mol. The fraction of sp³-hybridized carbons (Fsp3) is 0.611. The molecule has 1 aromatic rings. The summed E-state index contributed by atoms with van der Waals surface area (Å²) in [6, 6.07) is 4.05. The minimum Gasteiger partial charge on any atom is -0.454 e. The Morgan fingerprint density at radius 3 is 3.08 bits per heavy atom. The minimum absolute atomic E-state index is 0.272. The van der Waals surface area contributed by atoms with Gasteiger partial charge in [-0.2, -0.15) is 0 Å². The molecular formula is C18H26BrN3O4. The Labute approximate surface area is 162 Å². The van der Waals surface area contributed by atoms with Crippen LogP contribution in [-0.4, -0.2) is 64.7 Å². The van der Waals surface area contributed by atoms with E-state index >= 15 is 0 Å². The van der Waals surface area contributed by atoms with Gasteiger partial charge in [0.25, 0.3) is 0 Å². The molecule has 0 radical (unpaired) electrons. The van der Waals surface area contributed by atoms with Gasteiger partial charge in [0, 0.05) is 39.7 Å². The molecule has 1 saturated heterocycles. The number of hydrogen-bond acceptors (Lipinski definition) is 5. The number of methoxy groups -OCH3 is 1. The van der Waals surface area contributed by atoms with E-state index in [1.165, 1.54) is 0 Å². The van der Waals surface area contributed by atoms with E-state index in [-0.39, 0.29) is 6.79 Å². The fourth-order valence-electron chi connectivity index (χ4n) is 3.19. The number of benzene rings is 1. The van der Waals surface area contributed by atoms with Crippen LogP contribution in [0.15, 0.2) is 21.6 Å². The number of fused-ring (bicyclic) bond motifs is 1. The molecule has 0 bridgehead atoms. The van der Waals surface area contributed by atoms with Gasteiger partial charge in [-0.15, -0.1) is 0 Å². The zero-order valence-corrected chi connectivity index (χ0v) is 16.9. The zero-order valence-electron chi connectivity index (χ0n) is 15.3. The molecule has 26 heavy (non-hydrogen) atoms. The number of nitrogens with one attached hydrogen (secondary N) is 1. The van der Waals surface area contributed by atoms with Crippen LogP contribution in [0.5, 0.6) is 11.5 Å². The van der Waals surface area contributed by atoms with Crippen LogP contribution >= 0.6 is 15.9 Å². The summed E-state index contributed by atoms with van der Waals surface area (Å²) in [5.74, 6) is 3.00. The average Bonchev–Trinajstić information content (AvgIpc) is 3.29. The van der Waals surface area contributed by atoms with Crippen molar-refractivity contribution in [2.24, 2.45) is 10.9 Å². The highest BCUT2D eigenvalue weighted by molar-refractivity contribution is 9.10. The molecule has 0 saturated carbocycles. The first-order valence-electron chi connectivity index (χ1n) is 8.81. The van der Waals surface area contributed by atoms with Gasteiger partial charge in [-0.3, -0.25) is 4.99 Å². The molecule has 7 nitrogen and oxygen atoms in total. The maximum atomic E-state index is 5.66. The molecule has 144 valence electrons. The number of guanidine groups is 1. The highest BCUT2D eigenvalue weighted by Gasteiger charge is 2.25. The molecule has 2 heterocycles. The summed E-state index contributed by atoms with van der Waals surface area (Å²) in [6.07, 6.45) is 1.11. The number of hydrogen-bond donors (Lipinski definition) is 1. The van der Waals surface area contributed by atoms with Gasteiger partial charge in [0.05, 0.1) is 24.3 Å². The van der Waals surface area contributed by atoms with Gasteiger partial charge >= 0.3 is 0 Å². The molecule has 1 fully saturated rings. The molecule has 2 aliphatic heterocycles. The number of nitrogens with zero attached hydrogens (tertiary/aromatic N) is 2. The van der Waals surface area contributed by atoms with E-state index in [2.05, 4.69) is 31.1 Å². The lowest BCUT2D eigenvalue weighted by atomic mass is 10.1. The molecule has 0 aromatic heterocycles. The molecule has 1 unspecified atom stereocenters. The van der Waals surface area contributed by atoms with Crippen molar-refractivity contribution >= 4 is 21.9 Å². The standard InChI is InChI=1S/C18H26BrN3O4/c1-20-18(22-4-3-13(10-22)11-24-6-5-23-2)21-9-14-7-15(19)17-16(8-14)25-12-26-17/h7-8,13H,3-6,9-12H2,1-2H3,(H,20,21). The van der Waals surface area contributed by atoms with E-state index in [9.17, 15) is 0 Å². The maximum absolute atomic E-state index is 5.66. The molecule has 1 N–H and O–H groups in total.